The summed E-state index contributed by atoms with van der Waals surface area (Å²) in [7, 11) is 0. The van der Waals surface area contributed by atoms with Crippen LogP contribution in [0.5, 0.6) is 5.75 Å². The number of rotatable bonds is 5. The van der Waals surface area contributed by atoms with Crippen molar-refractivity contribution in [2.75, 3.05) is 19.7 Å². The Balaban J connectivity index is 1.98. The quantitative estimate of drug-likeness (QED) is 0.814. The Morgan fingerprint density at radius 3 is 2.74 bits per heavy atom. The molecular weight excluding hydrogens is 236 g/mol. The molecule has 0 spiro atoms. The van der Waals surface area contributed by atoms with Crippen LogP contribution in [0.1, 0.15) is 30.4 Å². The molecule has 1 aromatic carbocycles. The van der Waals surface area contributed by atoms with Crippen molar-refractivity contribution in [1.82, 2.24) is 4.90 Å². The molecule has 1 heterocycles. The molecule has 102 valence electrons. The van der Waals surface area contributed by atoms with Gasteiger partial charge in [-0.2, -0.15) is 5.26 Å². The van der Waals surface area contributed by atoms with Crippen molar-refractivity contribution < 1.29 is 4.74 Å². The minimum Gasteiger partial charge on any atom is -0.492 e. The van der Waals surface area contributed by atoms with Crippen LogP contribution < -0.4 is 4.74 Å². The monoisotopic (exact) mass is 258 g/mol. The van der Waals surface area contributed by atoms with Crippen molar-refractivity contribution in [3.05, 3.63) is 29.3 Å². The summed E-state index contributed by atoms with van der Waals surface area (Å²) in [6, 6.07) is 8.64. The van der Waals surface area contributed by atoms with Crippen molar-refractivity contribution in [2.45, 2.75) is 39.2 Å². The minimum absolute atomic E-state index is 0.229. The smallest absolute Gasteiger partial charge is 0.122 e. The zero-order valence-corrected chi connectivity index (χ0v) is 11.9. The summed E-state index contributed by atoms with van der Waals surface area (Å²) in [4.78, 5) is 2.38. The van der Waals surface area contributed by atoms with Gasteiger partial charge in [-0.05, 0) is 57.0 Å². The molecule has 0 bridgehead atoms. The van der Waals surface area contributed by atoms with Gasteiger partial charge in [0.1, 0.15) is 12.4 Å². The SMILES string of the molecule is Cc1cccc(OCC(CC#N)N2CCCC2)c1C. The van der Waals surface area contributed by atoms with Crippen LogP contribution in [-0.2, 0) is 0 Å². The molecule has 19 heavy (non-hydrogen) atoms. The summed E-state index contributed by atoms with van der Waals surface area (Å²) in [6.07, 6.45) is 3.03. The Morgan fingerprint density at radius 2 is 2.05 bits per heavy atom. The number of aryl methyl sites for hydroxylation is 1. The maximum absolute atomic E-state index is 8.96. The van der Waals surface area contributed by atoms with E-state index in [-0.39, 0.29) is 6.04 Å². The van der Waals surface area contributed by atoms with E-state index in [0.717, 1.165) is 18.8 Å². The third-order valence-electron chi connectivity index (χ3n) is 3.97. The molecule has 2 rings (SSSR count). The van der Waals surface area contributed by atoms with Gasteiger partial charge in [-0.3, -0.25) is 4.90 Å². The maximum atomic E-state index is 8.96. The first-order chi connectivity index (χ1) is 9.22. The highest BCUT2D eigenvalue weighted by Crippen LogP contribution is 2.22. The average molecular weight is 258 g/mol. The van der Waals surface area contributed by atoms with Crippen LogP contribution in [0, 0.1) is 25.2 Å². The second kappa shape index (κ2) is 6.58. The van der Waals surface area contributed by atoms with Crippen LogP contribution >= 0.6 is 0 Å². The number of hydrogen-bond donors (Lipinski definition) is 0. The van der Waals surface area contributed by atoms with E-state index >= 15 is 0 Å². The first kappa shape index (κ1) is 13.9. The summed E-state index contributed by atoms with van der Waals surface area (Å²) in [5.41, 5.74) is 2.44. The Morgan fingerprint density at radius 1 is 1.32 bits per heavy atom. The molecule has 1 atom stereocenters. The summed E-state index contributed by atoms with van der Waals surface area (Å²) in [5, 5.41) is 8.96. The number of nitriles is 1. The number of benzene rings is 1. The Labute approximate surface area is 115 Å². The standard InChI is InChI=1S/C16H22N2O/c1-13-6-5-7-16(14(13)2)19-12-15(8-9-17)18-10-3-4-11-18/h5-7,15H,3-4,8,10-12H2,1-2H3. The van der Waals surface area contributed by atoms with Gasteiger partial charge in [0, 0.05) is 0 Å². The summed E-state index contributed by atoms with van der Waals surface area (Å²) < 4.78 is 5.95. The van der Waals surface area contributed by atoms with Crippen LogP contribution in [0.2, 0.25) is 0 Å². The van der Waals surface area contributed by atoms with E-state index in [9.17, 15) is 0 Å². The largest absolute Gasteiger partial charge is 0.492 e. The lowest BCUT2D eigenvalue weighted by molar-refractivity contribution is 0.162. The van der Waals surface area contributed by atoms with Crippen molar-refractivity contribution in [3.63, 3.8) is 0 Å². The molecule has 1 aliphatic rings. The minimum atomic E-state index is 0.229. The van der Waals surface area contributed by atoms with E-state index in [0.29, 0.717) is 13.0 Å². The summed E-state index contributed by atoms with van der Waals surface area (Å²) in [6.45, 7) is 6.98. The van der Waals surface area contributed by atoms with Gasteiger partial charge in [-0.1, -0.05) is 12.1 Å². The number of likely N-dealkylation sites (tertiary alicyclic amines) is 1. The normalized spacial score (nSPS) is 17.1. The molecule has 0 radical (unpaired) electrons. The fraction of sp³-hybridized carbons (Fsp3) is 0.562. The van der Waals surface area contributed by atoms with E-state index in [4.69, 9.17) is 10.00 Å². The molecule has 0 N–H and O–H groups in total. The third-order valence-corrected chi connectivity index (χ3v) is 3.97. The molecule has 0 aliphatic carbocycles. The highest BCUT2D eigenvalue weighted by Gasteiger charge is 2.22. The van der Waals surface area contributed by atoms with E-state index in [1.807, 2.05) is 12.1 Å². The van der Waals surface area contributed by atoms with Crippen LogP contribution in [0.25, 0.3) is 0 Å². The van der Waals surface area contributed by atoms with Gasteiger partial charge in [0.25, 0.3) is 0 Å². The second-order valence-electron chi connectivity index (χ2n) is 5.27. The first-order valence-corrected chi connectivity index (χ1v) is 7.02. The number of ether oxygens (including phenoxy) is 1. The fourth-order valence-corrected chi connectivity index (χ4v) is 2.57. The molecule has 0 amide bonds. The molecule has 1 unspecified atom stereocenters. The second-order valence-corrected chi connectivity index (χ2v) is 5.27. The molecule has 0 saturated carbocycles. The molecule has 3 heteroatoms. The van der Waals surface area contributed by atoms with Gasteiger partial charge in [-0.15, -0.1) is 0 Å². The van der Waals surface area contributed by atoms with Crippen LogP contribution in [0.3, 0.4) is 0 Å². The zero-order chi connectivity index (χ0) is 13.7. The maximum Gasteiger partial charge on any atom is 0.122 e. The predicted molar refractivity (Wildman–Crippen MR) is 76.2 cm³/mol. The predicted octanol–water partition coefficient (Wildman–Crippen LogP) is 3.06. The van der Waals surface area contributed by atoms with E-state index in [1.54, 1.807) is 0 Å². The van der Waals surface area contributed by atoms with Gasteiger partial charge in [-0.25, -0.2) is 0 Å². The van der Waals surface area contributed by atoms with Crippen LogP contribution in [0.15, 0.2) is 18.2 Å². The summed E-state index contributed by atoms with van der Waals surface area (Å²) >= 11 is 0. The fourth-order valence-electron chi connectivity index (χ4n) is 2.57. The van der Waals surface area contributed by atoms with E-state index < -0.39 is 0 Å². The van der Waals surface area contributed by atoms with Crippen LogP contribution in [-0.4, -0.2) is 30.6 Å². The highest BCUT2D eigenvalue weighted by atomic mass is 16.5. The van der Waals surface area contributed by atoms with Crippen molar-refractivity contribution in [1.29, 1.82) is 5.26 Å². The highest BCUT2D eigenvalue weighted by molar-refractivity contribution is 5.38. The lowest BCUT2D eigenvalue weighted by Crippen LogP contribution is -2.37. The number of hydrogen-bond acceptors (Lipinski definition) is 3. The molecule has 0 aromatic heterocycles. The van der Waals surface area contributed by atoms with Gasteiger partial charge in [0.05, 0.1) is 18.5 Å². The lowest BCUT2D eigenvalue weighted by atomic mass is 10.1. The Hall–Kier alpha value is -1.53. The molecule has 1 fully saturated rings. The van der Waals surface area contributed by atoms with Crippen molar-refractivity contribution in [2.24, 2.45) is 0 Å². The molecular formula is C16H22N2O. The molecule has 1 saturated heterocycles. The first-order valence-electron chi connectivity index (χ1n) is 7.02. The zero-order valence-electron chi connectivity index (χ0n) is 11.9. The van der Waals surface area contributed by atoms with E-state index in [2.05, 4.69) is 30.9 Å². The average Bonchev–Trinajstić information content (AvgIpc) is 2.93. The third kappa shape index (κ3) is 3.48. The Kier molecular flexibility index (Phi) is 4.81. The Bertz CT molecular complexity index is 458. The topological polar surface area (TPSA) is 36.3 Å². The number of nitrogens with zero attached hydrogens (tertiary/aromatic N) is 2. The molecule has 1 aromatic rings. The van der Waals surface area contributed by atoms with Crippen molar-refractivity contribution >= 4 is 0 Å². The van der Waals surface area contributed by atoms with Gasteiger partial charge < -0.3 is 4.74 Å². The van der Waals surface area contributed by atoms with E-state index in [1.165, 1.54) is 24.0 Å². The van der Waals surface area contributed by atoms with Crippen molar-refractivity contribution in [3.8, 4) is 11.8 Å². The van der Waals surface area contributed by atoms with Gasteiger partial charge >= 0.3 is 0 Å². The lowest BCUT2D eigenvalue weighted by Gasteiger charge is -2.25. The molecule has 3 nitrogen and oxygen atoms in total. The molecule has 1 aliphatic heterocycles. The van der Waals surface area contributed by atoms with Gasteiger partial charge in [0.2, 0.25) is 0 Å². The van der Waals surface area contributed by atoms with Crippen LogP contribution in [0.4, 0.5) is 0 Å². The van der Waals surface area contributed by atoms with Gasteiger partial charge in [0.15, 0.2) is 0 Å². The summed E-state index contributed by atoms with van der Waals surface area (Å²) in [5.74, 6) is 0.946.